The lowest BCUT2D eigenvalue weighted by atomic mass is 9.96. The van der Waals surface area contributed by atoms with Crippen LogP contribution in [-0.2, 0) is 12.8 Å². The maximum atomic E-state index is 15.0. The third kappa shape index (κ3) is 6.87. The molecule has 0 saturated heterocycles. The number of thioether (sulfide) groups is 1. The van der Waals surface area contributed by atoms with Gasteiger partial charge in [0.05, 0.1) is 17.7 Å². The molecule has 4 aromatic carbocycles. The van der Waals surface area contributed by atoms with Gasteiger partial charge >= 0.3 is 0 Å². The van der Waals surface area contributed by atoms with Crippen molar-refractivity contribution in [3.05, 3.63) is 106 Å². The number of ether oxygens (including phenoxy) is 1. The van der Waals surface area contributed by atoms with Gasteiger partial charge in [-0.15, -0.1) is 11.8 Å². The third-order valence-electron chi connectivity index (χ3n) is 6.76. The molecular weight excluding hydrogens is 539 g/mol. The van der Waals surface area contributed by atoms with Gasteiger partial charge in [-0.1, -0.05) is 31.2 Å². The summed E-state index contributed by atoms with van der Waals surface area (Å²) in [7, 11) is 0. The van der Waals surface area contributed by atoms with Crippen molar-refractivity contribution in [3.8, 4) is 28.0 Å². The summed E-state index contributed by atoms with van der Waals surface area (Å²) < 4.78 is 78.8. The van der Waals surface area contributed by atoms with Crippen LogP contribution in [0, 0.1) is 36.0 Å². The highest BCUT2D eigenvalue weighted by Crippen LogP contribution is 2.36. The van der Waals surface area contributed by atoms with Crippen LogP contribution >= 0.6 is 11.8 Å². The highest BCUT2D eigenvalue weighted by molar-refractivity contribution is 7.99. The molecular formula is C33H31F5OS. The van der Waals surface area contributed by atoms with Gasteiger partial charge < -0.3 is 4.74 Å². The van der Waals surface area contributed by atoms with Gasteiger partial charge in [-0.05, 0) is 109 Å². The molecule has 0 heterocycles. The van der Waals surface area contributed by atoms with Gasteiger partial charge in [0.1, 0.15) is 23.3 Å². The molecule has 0 unspecified atom stereocenters. The summed E-state index contributed by atoms with van der Waals surface area (Å²) in [5.41, 5.74) is 2.45. The summed E-state index contributed by atoms with van der Waals surface area (Å²) in [4.78, 5) is 0.360. The molecule has 0 spiro atoms. The van der Waals surface area contributed by atoms with Crippen LogP contribution in [0.25, 0.3) is 22.3 Å². The normalized spacial score (nSPS) is 11.2. The molecule has 4 rings (SSSR count). The fraction of sp³-hybridized carbons (Fsp3) is 0.273. The molecule has 0 fully saturated rings. The van der Waals surface area contributed by atoms with Gasteiger partial charge in [0.25, 0.3) is 0 Å². The van der Waals surface area contributed by atoms with Crippen molar-refractivity contribution in [2.75, 3.05) is 12.4 Å². The summed E-state index contributed by atoms with van der Waals surface area (Å²) >= 11 is 1.24. The number of hydrogen-bond donors (Lipinski definition) is 0. The van der Waals surface area contributed by atoms with E-state index in [1.165, 1.54) is 11.8 Å². The lowest BCUT2D eigenvalue weighted by Gasteiger charge is -2.12. The van der Waals surface area contributed by atoms with Gasteiger partial charge in [0, 0.05) is 4.90 Å². The standard InChI is InChI=1S/C33H31F5OS/c1-4-39-31-14-20(3)23(15-26(31)34)9-7-6-8-21-10-12-22(13-11-21)24-16-27(35)32(28(36)17-24)33-29(37)18-25(40-5-2)19-30(33)38/h10-19H,4-9H2,1-3H3. The molecule has 7 heteroatoms. The summed E-state index contributed by atoms with van der Waals surface area (Å²) in [6, 6.07) is 15.0. The third-order valence-corrected chi connectivity index (χ3v) is 7.62. The Balaban J connectivity index is 1.42. The number of aryl methyl sites for hydroxylation is 3. The minimum absolute atomic E-state index is 0.275. The first-order valence-electron chi connectivity index (χ1n) is 13.3. The largest absolute Gasteiger partial charge is 0.491 e. The zero-order chi connectivity index (χ0) is 28.8. The average Bonchev–Trinajstić information content (AvgIpc) is 2.91. The first kappa shape index (κ1) is 29.7. The number of halogens is 5. The Labute approximate surface area is 236 Å². The molecule has 1 nitrogen and oxygen atoms in total. The molecule has 40 heavy (non-hydrogen) atoms. The van der Waals surface area contributed by atoms with E-state index in [0.29, 0.717) is 22.8 Å². The van der Waals surface area contributed by atoms with Crippen molar-refractivity contribution in [3.63, 3.8) is 0 Å². The van der Waals surface area contributed by atoms with Crippen molar-refractivity contribution < 1.29 is 26.7 Å². The van der Waals surface area contributed by atoms with Crippen LogP contribution in [0.2, 0.25) is 0 Å². The molecule has 0 radical (unpaired) electrons. The second-order valence-electron chi connectivity index (χ2n) is 9.56. The van der Waals surface area contributed by atoms with Crippen LogP contribution in [0.15, 0.2) is 65.6 Å². The molecule has 0 amide bonds. The number of benzene rings is 4. The molecule has 0 saturated carbocycles. The van der Waals surface area contributed by atoms with Crippen molar-refractivity contribution in [2.45, 2.75) is 51.3 Å². The molecule has 4 aromatic rings. The van der Waals surface area contributed by atoms with Gasteiger partial charge in [-0.2, -0.15) is 0 Å². The smallest absolute Gasteiger partial charge is 0.165 e. The predicted octanol–water partition coefficient (Wildman–Crippen LogP) is 10.1. The summed E-state index contributed by atoms with van der Waals surface area (Å²) in [6.07, 6.45) is 3.31. The van der Waals surface area contributed by atoms with E-state index in [2.05, 4.69) is 0 Å². The Morgan fingerprint density at radius 1 is 0.650 bits per heavy atom. The van der Waals surface area contributed by atoms with Crippen LogP contribution in [0.5, 0.6) is 5.75 Å². The van der Waals surface area contributed by atoms with Crippen LogP contribution < -0.4 is 4.74 Å². The Hall–Kier alpha value is -3.32. The Morgan fingerprint density at radius 2 is 1.23 bits per heavy atom. The van der Waals surface area contributed by atoms with E-state index in [1.54, 1.807) is 24.3 Å². The van der Waals surface area contributed by atoms with E-state index < -0.39 is 34.4 Å². The van der Waals surface area contributed by atoms with E-state index in [-0.39, 0.29) is 17.1 Å². The molecule has 0 aromatic heterocycles. The number of unbranched alkanes of at least 4 members (excludes halogenated alkanes) is 1. The zero-order valence-electron chi connectivity index (χ0n) is 22.7. The zero-order valence-corrected chi connectivity index (χ0v) is 23.5. The fourth-order valence-electron chi connectivity index (χ4n) is 4.76. The van der Waals surface area contributed by atoms with Crippen LogP contribution in [0.1, 0.15) is 43.4 Å². The first-order valence-corrected chi connectivity index (χ1v) is 14.3. The van der Waals surface area contributed by atoms with E-state index in [0.717, 1.165) is 66.6 Å². The summed E-state index contributed by atoms with van der Waals surface area (Å²) in [5.74, 6) is -3.54. The lowest BCUT2D eigenvalue weighted by molar-refractivity contribution is 0.321. The monoisotopic (exact) mass is 570 g/mol. The average molecular weight is 571 g/mol. The van der Waals surface area contributed by atoms with Crippen molar-refractivity contribution in [1.29, 1.82) is 0 Å². The lowest BCUT2D eigenvalue weighted by Crippen LogP contribution is -1.99. The number of hydrogen-bond acceptors (Lipinski definition) is 2. The van der Waals surface area contributed by atoms with Gasteiger partial charge in [0.15, 0.2) is 11.6 Å². The molecule has 0 bridgehead atoms. The fourth-order valence-corrected chi connectivity index (χ4v) is 5.46. The molecule has 0 aliphatic carbocycles. The van der Waals surface area contributed by atoms with Crippen molar-refractivity contribution >= 4 is 11.8 Å². The highest BCUT2D eigenvalue weighted by atomic mass is 32.2. The van der Waals surface area contributed by atoms with E-state index in [9.17, 15) is 13.2 Å². The van der Waals surface area contributed by atoms with E-state index in [1.807, 2.05) is 32.9 Å². The number of rotatable bonds is 11. The summed E-state index contributed by atoms with van der Waals surface area (Å²) in [6.45, 7) is 6.02. The second-order valence-corrected chi connectivity index (χ2v) is 10.9. The van der Waals surface area contributed by atoms with E-state index in [4.69, 9.17) is 4.74 Å². The quantitative estimate of drug-likeness (QED) is 0.101. The molecule has 0 N–H and O–H groups in total. The second kappa shape index (κ2) is 13.4. The molecule has 210 valence electrons. The maximum Gasteiger partial charge on any atom is 0.165 e. The topological polar surface area (TPSA) is 9.23 Å². The minimum Gasteiger partial charge on any atom is -0.491 e. The van der Waals surface area contributed by atoms with Crippen LogP contribution in [0.3, 0.4) is 0 Å². The predicted molar refractivity (Wildman–Crippen MR) is 152 cm³/mol. The Kier molecular flexibility index (Phi) is 9.90. The molecule has 0 aliphatic rings. The minimum atomic E-state index is -1.03. The van der Waals surface area contributed by atoms with Crippen LogP contribution in [0.4, 0.5) is 22.0 Å². The van der Waals surface area contributed by atoms with Gasteiger partial charge in [-0.25, -0.2) is 22.0 Å². The highest BCUT2D eigenvalue weighted by Gasteiger charge is 2.22. The Bertz CT molecular complexity index is 1440. The SMILES string of the molecule is CCOc1cc(C)c(CCCCc2ccc(-c3cc(F)c(-c4c(F)cc(SCC)cc4F)c(F)c3)cc2)cc1F. The Morgan fingerprint density at radius 3 is 1.80 bits per heavy atom. The summed E-state index contributed by atoms with van der Waals surface area (Å²) in [5, 5.41) is 0. The maximum absolute atomic E-state index is 15.0. The van der Waals surface area contributed by atoms with Crippen LogP contribution in [-0.4, -0.2) is 12.4 Å². The molecule has 0 atom stereocenters. The van der Waals surface area contributed by atoms with Gasteiger partial charge in [-0.3, -0.25) is 0 Å². The van der Waals surface area contributed by atoms with Gasteiger partial charge in [0.2, 0.25) is 0 Å². The molecule has 0 aliphatic heterocycles. The van der Waals surface area contributed by atoms with Crippen molar-refractivity contribution in [1.82, 2.24) is 0 Å². The van der Waals surface area contributed by atoms with E-state index >= 15 is 8.78 Å². The first-order chi connectivity index (χ1) is 19.2. The van der Waals surface area contributed by atoms with Crippen molar-refractivity contribution in [2.24, 2.45) is 0 Å².